The number of halogens is 1. The minimum absolute atomic E-state index is 0.325. The van der Waals surface area contributed by atoms with Crippen molar-refractivity contribution in [2.45, 2.75) is 12.8 Å². The quantitative estimate of drug-likeness (QED) is 0.719. The summed E-state index contributed by atoms with van der Waals surface area (Å²) in [6.45, 7) is 1.37. The molecule has 0 saturated heterocycles. The number of hydrogen-bond acceptors (Lipinski definition) is 5. The zero-order valence-electron chi connectivity index (χ0n) is 13.4. The molecule has 0 bridgehead atoms. The molecule has 1 aliphatic rings. The first-order valence-electron chi connectivity index (χ1n) is 8.08. The van der Waals surface area contributed by atoms with Crippen molar-refractivity contribution in [1.82, 2.24) is 9.97 Å². The molecule has 0 aliphatic carbocycles. The van der Waals surface area contributed by atoms with E-state index in [-0.39, 0.29) is 0 Å². The largest absolute Gasteiger partial charge is 0.440 e. The number of benzene rings is 1. The molecule has 0 fully saturated rings. The molecular formula is C19H15FN4O. The molecule has 0 saturated carbocycles. The Morgan fingerprint density at radius 3 is 2.84 bits per heavy atom. The van der Waals surface area contributed by atoms with Crippen LogP contribution in [0.4, 0.5) is 10.1 Å². The first kappa shape index (κ1) is 15.3. The fraction of sp³-hybridized carbons (Fsp3) is 0.211. The third-order valence-electron chi connectivity index (χ3n) is 4.27. The number of anilines is 1. The highest BCUT2D eigenvalue weighted by molar-refractivity contribution is 5.53. The standard InChI is InChI=1S/C19H15FN4O/c20-14-9-13(12-21)10-15(11-14)24-7-4-16-18(5-8-24)25-19(23-16)17-3-1-2-6-22-17/h1-3,6,9-11H,4-5,7-8H2. The van der Waals surface area contributed by atoms with Crippen molar-refractivity contribution < 1.29 is 8.81 Å². The van der Waals surface area contributed by atoms with Gasteiger partial charge in [0.1, 0.15) is 17.3 Å². The van der Waals surface area contributed by atoms with Crippen LogP contribution < -0.4 is 4.90 Å². The second-order valence-corrected chi connectivity index (χ2v) is 5.90. The number of nitrogens with zero attached hydrogens (tertiary/aromatic N) is 4. The molecule has 1 aromatic carbocycles. The molecule has 2 aromatic heterocycles. The highest BCUT2D eigenvalue weighted by Crippen LogP contribution is 2.26. The van der Waals surface area contributed by atoms with Crippen LogP contribution in [0.1, 0.15) is 17.0 Å². The first-order valence-corrected chi connectivity index (χ1v) is 8.08. The molecule has 0 unspecified atom stereocenters. The number of aromatic nitrogens is 2. The van der Waals surface area contributed by atoms with E-state index in [0.717, 1.165) is 17.1 Å². The van der Waals surface area contributed by atoms with E-state index < -0.39 is 5.82 Å². The Balaban J connectivity index is 1.56. The lowest BCUT2D eigenvalue weighted by Crippen LogP contribution is -2.26. The summed E-state index contributed by atoms with van der Waals surface area (Å²) >= 11 is 0. The highest BCUT2D eigenvalue weighted by Gasteiger charge is 2.21. The second-order valence-electron chi connectivity index (χ2n) is 5.90. The molecule has 4 rings (SSSR count). The van der Waals surface area contributed by atoms with Gasteiger partial charge in [-0.15, -0.1) is 0 Å². The van der Waals surface area contributed by atoms with Crippen molar-refractivity contribution in [3.63, 3.8) is 0 Å². The molecule has 6 heteroatoms. The summed E-state index contributed by atoms with van der Waals surface area (Å²) < 4.78 is 19.6. The summed E-state index contributed by atoms with van der Waals surface area (Å²) in [6, 6.07) is 12.0. The van der Waals surface area contributed by atoms with E-state index in [4.69, 9.17) is 9.68 Å². The topological polar surface area (TPSA) is 66.0 Å². The molecule has 0 amide bonds. The Bertz CT molecular complexity index is 920. The van der Waals surface area contributed by atoms with Crippen molar-refractivity contribution in [2.75, 3.05) is 18.0 Å². The van der Waals surface area contributed by atoms with E-state index >= 15 is 0 Å². The average Bonchev–Trinajstić information content (AvgIpc) is 2.95. The lowest BCUT2D eigenvalue weighted by Gasteiger charge is -2.22. The zero-order valence-corrected chi connectivity index (χ0v) is 13.4. The van der Waals surface area contributed by atoms with E-state index in [1.807, 2.05) is 24.3 Å². The fourth-order valence-electron chi connectivity index (χ4n) is 3.04. The number of hydrogen-bond donors (Lipinski definition) is 0. The van der Waals surface area contributed by atoms with Gasteiger partial charge in [0.15, 0.2) is 0 Å². The van der Waals surface area contributed by atoms with Gasteiger partial charge in [0, 0.05) is 37.8 Å². The predicted octanol–water partition coefficient (Wildman–Crippen LogP) is 3.35. The van der Waals surface area contributed by atoms with Crippen LogP contribution in [0.5, 0.6) is 0 Å². The highest BCUT2D eigenvalue weighted by atomic mass is 19.1. The third kappa shape index (κ3) is 3.09. The minimum Gasteiger partial charge on any atom is -0.440 e. The predicted molar refractivity (Wildman–Crippen MR) is 90.5 cm³/mol. The summed E-state index contributed by atoms with van der Waals surface area (Å²) in [5.74, 6) is 0.988. The van der Waals surface area contributed by atoms with Crippen molar-refractivity contribution >= 4 is 5.69 Å². The Hall–Kier alpha value is -3.20. The zero-order chi connectivity index (χ0) is 17.2. The number of nitriles is 1. The van der Waals surface area contributed by atoms with E-state index in [0.29, 0.717) is 43.1 Å². The molecule has 0 radical (unpaired) electrons. The van der Waals surface area contributed by atoms with Crippen molar-refractivity contribution in [3.8, 4) is 17.7 Å². The lowest BCUT2D eigenvalue weighted by molar-refractivity contribution is 0.516. The summed E-state index contributed by atoms with van der Waals surface area (Å²) in [4.78, 5) is 10.9. The molecule has 0 N–H and O–H groups in total. The van der Waals surface area contributed by atoms with Gasteiger partial charge in [-0.25, -0.2) is 9.37 Å². The van der Waals surface area contributed by atoms with Crippen LogP contribution in [-0.2, 0) is 12.8 Å². The number of oxazole rings is 1. The summed E-state index contributed by atoms with van der Waals surface area (Å²) in [5, 5.41) is 9.02. The molecule has 3 aromatic rings. The van der Waals surface area contributed by atoms with Crippen molar-refractivity contribution in [3.05, 3.63) is 65.4 Å². The second kappa shape index (κ2) is 6.36. The SMILES string of the molecule is N#Cc1cc(F)cc(N2CCc3nc(-c4ccccn4)oc3CC2)c1. The number of fused-ring (bicyclic) bond motifs is 1. The van der Waals surface area contributed by atoms with Crippen LogP contribution in [0, 0.1) is 17.1 Å². The lowest BCUT2D eigenvalue weighted by atomic mass is 10.2. The van der Waals surface area contributed by atoms with Crippen molar-refractivity contribution in [1.29, 1.82) is 5.26 Å². The number of rotatable bonds is 2. The third-order valence-corrected chi connectivity index (χ3v) is 4.27. The maximum Gasteiger partial charge on any atom is 0.245 e. The van der Waals surface area contributed by atoms with Crippen LogP contribution in [0.2, 0.25) is 0 Å². The molecule has 25 heavy (non-hydrogen) atoms. The van der Waals surface area contributed by atoms with E-state index in [9.17, 15) is 4.39 Å². The van der Waals surface area contributed by atoms with E-state index in [1.54, 1.807) is 12.3 Å². The maximum atomic E-state index is 13.7. The smallest absolute Gasteiger partial charge is 0.245 e. The van der Waals surface area contributed by atoms with Crippen LogP contribution in [0.15, 0.2) is 47.0 Å². The normalized spacial score (nSPS) is 13.8. The van der Waals surface area contributed by atoms with Crippen LogP contribution in [-0.4, -0.2) is 23.1 Å². The van der Waals surface area contributed by atoms with Crippen molar-refractivity contribution in [2.24, 2.45) is 0 Å². The van der Waals surface area contributed by atoms with Crippen LogP contribution >= 0.6 is 0 Å². The molecular weight excluding hydrogens is 319 g/mol. The van der Waals surface area contributed by atoms with Gasteiger partial charge in [-0.2, -0.15) is 5.26 Å². The Morgan fingerprint density at radius 1 is 1.16 bits per heavy atom. The van der Waals surface area contributed by atoms with E-state index in [2.05, 4.69) is 14.9 Å². The van der Waals surface area contributed by atoms with E-state index in [1.165, 1.54) is 12.1 Å². The minimum atomic E-state index is -0.398. The van der Waals surface area contributed by atoms with Gasteiger partial charge in [0.2, 0.25) is 5.89 Å². The molecule has 5 nitrogen and oxygen atoms in total. The van der Waals surface area contributed by atoms with Gasteiger partial charge in [0.25, 0.3) is 0 Å². The molecule has 3 heterocycles. The van der Waals surface area contributed by atoms with Crippen LogP contribution in [0.25, 0.3) is 11.6 Å². The van der Waals surface area contributed by atoms with Gasteiger partial charge in [-0.05, 0) is 30.3 Å². The Labute approximate surface area is 144 Å². The van der Waals surface area contributed by atoms with Gasteiger partial charge in [-0.3, -0.25) is 4.98 Å². The van der Waals surface area contributed by atoms with Gasteiger partial charge < -0.3 is 9.32 Å². The summed E-state index contributed by atoms with van der Waals surface area (Å²) in [6.07, 6.45) is 3.08. The fourth-order valence-corrected chi connectivity index (χ4v) is 3.04. The Kier molecular flexibility index (Phi) is 3.90. The maximum absolute atomic E-state index is 13.7. The molecule has 0 spiro atoms. The first-order chi connectivity index (χ1) is 12.2. The van der Waals surface area contributed by atoms with Crippen LogP contribution in [0.3, 0.4) is 0 Å². The van der Waals surface area contributed by atoms with Gasteiger partial charge in [-0.1, -0.05) is 6.07 Å². The average molecular weight is 334 g/mol. The monoisotopic (exact) mass is 334 g/mol. The van der Waals surface area contributed by atoms with Gasteiger partial charge >= 0.3 is 0 Å². The van der Waals surface area contributed by atoms with Gasteiger partial charge in [0.05, 0.1) is 17.3 Å². The summed E-state index contributed by atoms with van der Waals surface area (Å²) in [7, 11) is 0. The molecule has 0 atom stereocenters. The number of pyridine rings is 1. The molecule has 124 valence electrons. The summed E-state index contributed by atoms with van der Waals surface area (Å²) in [5.41, 5.74) is 2.68. The Morgan fingerprint density at radius 2 is 2.04 bits per heavy atom. The molecule has 1 aliphatic heterocycles.